The van der Waals surface area contributed by atoms with Crippen LogP contribution in [0.15, 0.2) is 48.5 Å². The number of methoxy groups -OCH3 is 1. The average Bonchev–Trinajstić information content (AvgIpc) is 3.32. The molecule has 0 saturated carbocycles. The van der Waals surface area contributed by atoms with Gasteiger partial charge in [-0.15, -0.1) is 0 Å². The summed E-state index contributed by atoms with van der Waals surface area (Å²) in [6.45, 7) is 2.83. The normalized spacial score (nSPS) is 14.7. The Bertz CT molecular complexity index is 877. The molecular weight excluding hydrogens is 392 g/mol. The van der Waals surface area contributed by atoms with Crippen LogP contribution < -0.4 is 25.2 Å². The highest BCUT2D eigenvalue weighted by molar-refractivity contribution is 6.35. The van der Waals surface area contributed by atoms with Gasteiger partial charge in [0.2, 0.25) is 0 Å². The molecule has 31 heavy (non-hydrogen) atoms. The Morgan fingerprint density at radius 1 is 1.00 bits per heavy atom. The summed E-state index contributed by atoms with van der Waals surface area (Å²) in [5, 5.41) is 5.53. The number of carbonyl (C=O) groups is 2. The fraction of sp³-hybridized carbons (Fsp3) is 0.417. The van der Waals surface area contributed by atoms with Crippen LogP contribution in [0.1, 0.15) is 30.0 Å². The minimum atomic E-state index is -0.635. The van der Waals surface area contributed by atoms with Crippen molar-refractivity contribution in [2.75, 3.05) is 45.7 Å². The molecule has 3 rings (SSSR count). The summed E-state index contributed by atoms with van der Waals surface area (Å²) in [5.41, 5.74) is 3.14. The van der Waals surface area contributed by atoms with Crippen molar-refractivity contribution in [3.63, 3.8) is 0 Å². The van der Waals surface area contributed by atoms with Gasteiger partial charge in [-0.25, -0.2) is 0 Å². The van der Waals surface area contributed by atoms with Gasteiger partial charge in [-0.2, -0.15) is 0 Å². The number of rotatable bonds is 8. The number of nitrogens with one attached hydrogen (secondary N) is 3. The molecule has 7 heteroatoms. The van der Waals surface area contributed by atoms with Crippen LogP contribution >= 0.6 is 0 Å². The highest BCUT2D eigenvalue weighted by Gasteiger charge is 2.28. The highest BCUT2D eigenvalue weighted by Crippen LogP contribution is 2.18. The number of hydrogen-bond acceptors (Lipinski definition) is 4. The van der Waals surface area contributed by atoms with Gasteiger partial charge in [-0.1, -0.05) is 30.3 Å². The number of amides is 2. The summed E-state index contributed by atoms with van der Waals surface area (Å²) in [7, 11) is 5.61. The van der Waals surface area contributed by atoms with Crippen LogP contribution in [-0.2, 0) is 16.1 Å². The summed E-state index contributed by atoms with van der Waals surface area (Å²) in [6.07, 6.45) is 2.38. The number of nitrogens with zero attached hydrogens (tertiary/aromatic N) is 1. The summed E-state index contributed by atoms with van der Waals surface area (Å²) in [4.78, 5) is 28.3. The fourth-order valence-corrected chi connectivity index (χ4v) is 4.06. The van der Waals surface area contributed by atoms with Gasteiger partial charge >= 0.3 is 11.8 Å². The fourth-order valence-electron chi connectivity index (χ4n) is 4.06. The number of carbonyl (C=O) groups excluding carboxylic acids is 2. The topological polar surface area (TPSA) is 75.1 Å². The zero-order valence-electron chi connectivity index (χ0n) is 18.6. The number of benzene rings is 2. The van der Waals surface area contributed by atoms with E-state index in [-0.39, 0.29) is 12.6 Å². The van der Waals surface area contributed by atoms with Gasteiger partial charge in [0.05, 0.1) is 26.7 Å². The number of quaternary nitrogens is 1. The van der Waals surface area contributed by atoms with Crippen molar-refractivity contribution in [3.05, 3.63) is 59.7 Å². The largest absolute Gasteiger partial charge is 0.496 e. The second-order valence-electron chi connectivity index (χ2n) is 8.11. The molecule has 3 N–H and O–H groups in total. The van der Waals surface area contributed by atoms with Crippen LogP contribution in [0.4, 0.5) is 5.69 Å². The molecule has 2 aromatic carbocycles. The van der Waals surface area contributed by atoms with Gasteiger partial charge in [0, 0.05) is 50.3 Å². The minimum absolute atomic E-state index is 0.129. The molecule has 0 aliphatic carbocycles. The molecule has 1 aliphatic heterocycles. The molecule has 1 heterocycles. The second-order valence-corrected chi connectivity index (χ2v) is 8.11. The van der Waals surface area contributed by atoms with E-state index in [9.17, 15) is 9.59 Å². The number of para-hydroxylation sites is 1. The lowest BCUT2D eigenvalue weighted by Gasteiger charge is -2.25. The van der Waals surface area contributed by atoms with E-state index < -0.39 is 11.8 Å². The van der Waals surface area contributed by atoms with Crippen molar-refractivity contribution < 1.29 is 19.2 Å². The third-order valence-electron chi connectivity index (χ3n) is 5.86. The third kappa shape index (κ3) is 5.98. The van der Waals surface area contributed by atoms with Crippen LogP contribution in [0.2, 0.25) is 0 Å². The number of likely N-dealkylation sites (tertiary alicyclic amines) is 1. The van der Waals surface area contributed by atoms with Crippen molar-refractivity contribution in [1.82, 2.24) is 10.6 Å². The van der Waals surface area contributed by atoms with Crippen molar-refractivity contribution in [3.8, 4) is 5.75 Å². The van der Waals surface area contributed by atoms with Crippen LogP contribution in [0.5, 0.6) is 5.75 Å². The predicted molar refractivity (Wildman–Crippen MR) is 121 cm³/mol. The molecule has 1 aliphatic rings. The lowest BCUT2D eigenvalue weighted by atomic mass is 10.0. The zero-order chi connectivity index (χ0) is 22.2. The highest BCUT2D eigenvalue weighted by atomic mass is 16.5. The molecule has 1 fully saturated rings. The van der Waals surface area contributed by atoms with E-state index in [2.05, 4.69) is 39.8 Å². The van der Waals surface area contributed by atoms with Gasteiger partial charge in [0.25, 0.3) is 0 Å². The molecule has 1 saturated heterocycles. The standard InChI is InChI=1S/C24H32N4O3/c1-27(2)20-12-10-18(11-13-20)21(28-14-6-7-15-28)17-26-24(30)23(29)25-16-19-8-4-5-9-22(19)31-3/h4-5,8-13,21H,6-7,14-17H2,1-3H3,(H,25,29)(H,26,30)/p+1/t21-/m0/s1. The smallest absolute Gasteiger partial charge is 0.309 e. The maximum atomic E-state index is 12.4. The Morgan fingerprint density at radius 3 is 2.29 bits per heavy atom. The second kappa shape index (κ2) is 10.8. The minimum Gasteiger partial charge on any atom is -0.496 e. The molecule has 166 valence electrons. The van der Waals surface area contributed by atoms with Crippen molar-refractivity contribution >= 4 is 17.5 Å². The van der Waals surface area contributed by atoms with Crippen molar-refractivity contribution in [1.29, 1.82) is 0 Å². The molecular formula is C24H33N4O3+. The van der Waals surface area contributed by atoms with Crippen LogP contribution in [0.3, 0.4) is 0 Å². The first-order valence-corrected chi connectivity index (χ1v) is 10.8. The number of hydrogen-bond donors (Lipinski definition) is 3. The van der Waals surface area contributed by atoms with E-state index in [1.165, 1.54) is 23.3 Å². The van der Waals surface area contributed by atoms with Gasteiger partial charge in [-0.05, 0) is 18.2 Å². The SMILES string of the molecule is COc1ccccc1CNC(=O)C(=O)NC[C@@H](c1ccc(N(C)C)cc1)[NH+]1CCCC1. The Balaban J connectivity index is 1.59. The van der Waals surface area contributed by atoms with E-state index in [1.54, 1.807) is 7.11 Å². The first-order valence-electron chi connectivity index (χ1n) is 10.8. The number of anilines is 1. The predicted octanol–water partition coefficient (Wildman–Crippen LogP) is 0.914. The molecule has 0 unspecified atom stereocenters. The summed E-state index contributed by atoms with van der Waals surface area (Å²) < 4.78 is 5.29. The van der Waals surface area contributed by atoms with Crippen molar-refractivity contribution in [2.45, 2.75) is 25.4 Å². The molecule has 2 aromatic rings. The van der Waals surface area contributed by atoms with Gasteiger partial charge < -0.3 is 25.2 Å². The van der Waals surface area contributed by atoms with Gasteiger partial charge in [0.15, 0.2) is 0 Å². The Kier molecular flexibility index (Phi) is 7.89. The Hall–Kier alpha value is -3.06. The van der Waals surface area contributed by atoms with E-state index in [4.69, 9.17) is 4.74 Å². The molecule has 0 bridgehead atoms. The van der Waals surface area contributed by atoms with Crippen molar-refractivity contribution in [2.24, 2.45) is 0 Å². The molecule has 7 nitrogen and oxygen atoms in total. The monoisotopic (exact) mass is 425 g/mol. The zero-order valence-corrected chi connectivity index (χ0v) is 18.6. The lowest BCUT2D eigenvalue weighted by molar-refractivity contribution is -0.918. The maximum absolute atomic E-state index is 12.4. The maximum Gasteiger partial charge on any atom is 0.309 e. The Morgan fingerprint density at radius 2 is 1.65 bits per heavy atom. The summed E-state index contributed by atoms with van der Waals surface area (Å²) >= 11 is 0. The van der Waals surface area contributed by atoms with Crippen LogP contribution in [0, 0.1) is 0 Å². The molecule has 0 aromatic heterocycles. The van der Waals surface area contributed by atoms with E-state index in [0.29, 0.717) is 12.3 Å². The lowest BCUT2D eigenvalue weighted by Crippen LogP contribution is -3.11. The molecule has 0 spiro atoms. The molecule has 2 amide bonds. The number of ether oxygens (including phenoxy) is 1. The first-order chi connectivity index (χ1) is 15.0. The first kappa shape index (κ1) is 22.6. The molecule has 1 atom stereocenters. The van der Waals surface area contributed by atoms with E-state index in [1.807, 2.05) is 38.4 Å². The van der Waals surface area contributed by atoms with E-state index >= 15 is 0 Å². The average molecular weight is 426 g/mol. The van der Waals surface area contributed by atoms with Gasteiger partial charge in [-0.3, -0.25) is 9.59 Å². The van der Waals surface area contributed by atoms with Crippen LogP contribution in [-0.4, -0.2) is 52.7 Å². The summed E-state index contributed by atoms with van der Waals surface area (Å²) in [5.74, 6) is -0.561. The summed E-state index contributed by atoms with van der Waals surface area (Å²) in [6, 6.07) is 16.0. The molecule has 0 radical (unpaired) electrons. The van der Waals surface area contributed by atoms with E-state index in [0.717, 1.165) is 24.3 Å². The van der Waals surface area contributed by atoms with Crippen LogP contribution in [0.25, 0.3) is 0 Å². The third-order valence-corrected chi connectivity index (χ3v) is 5.86. The van der Waals surface area contributed by atoms with Gasteiger partial charge in [0.1, 0.15) is 11.8 Å². The Labute approximate surface area is 184 Å². The quantitative estimate of drug-likeness (QED) is 0.550.